The molecule has 90 valence electrons. The highest BCUT2D eigenvalue weighted by atomic mass is 19.1. The van der Waals surface area contributed by atoms with Gasteiger partial charge in [-0.3, -0.25) is 4.79 Å². The van der Waals surface area contributed by atoms with Crippen LogP contribution in [0.4, 0.5) is 4.39 Å². The van der Waals surface area contributed by atoms with Crippen LogP contribution in [0.1, 0.15) is 37.6 Å². The summed E-state index contributed by atoms with van der Waals surface area (Å²) in [5.41, 5.74) is 2.89. The predicted octanol–water partition coefficient (Wildman–Crippen LogP) is 3.44. The second-order valence-corrected chi connectivity index (χ2v) is 4.09. The Labute approximate surface area is 100 Å². The summed E-state index contributed by atoms with van der Waals surface area (Å²) in [4.78, 5) is 11.5. The van der Waals surface area contributed by atoms with Gasteiger partial charge in [-0.2, -0.15) is 0 Å². The van der Waals surface area contributed by atoms with E-state index in [2.05, 4.69) is 0 Å². The number of esters is 1. The van der Waals surface area contributed by atoms with Gasteiger partial charge in [0.05, 0.1) is 13.0 Å². The Kier molecular flexibility index (Phi) is 3.27. The van der Waals surface area contributed by atoms with Crippen molar-refractivity contribution in [3.05, 3.63) is 41.0 Å². The standard InChI is InChI=1S/C14H15FO2/c1-3-17-13(16)8-12-9(2)14(15)11-7-5-4-6-10(11)12/h4-7,14H,3,8H2,1-2H3. The van der Waals surface area contributed by atoms with Crippen molar-refractivity contribution in [3.63, 3.8) is 0 Å². The van der Waals surface area contributed by atoms with Crippen molar-refractivity contribution in [2.45, 2.75) is 26.4 Å². The summed E-state index contributed by atoms with van der Waals surface area (Å²) in [5.74, 6) is -0.300. The van der Waals surface area contributed by atoms with E-state index < -0.39 is 6.17 Å². The van der Waals surface area contributed by atoms with Crippen LogP contribution in [0.25, 0.3) is 5.57 Å². The van der Waals surface area contributed by atoms with Gasteiger partial charge < -0.3 is 4.74 Å². The number of hydrogen-bond donors (Lipinski definition) is 0. The summed E-state index contributed by atoms with van der Waals surface area (Å²) in [6, 6.07) is 7.29. The molecule has 1 aliphatic rings. The lowest BCUT2D eigenvalue weighted by molar-refractivity contribution is -0.141. The highest BCUT2D eigenvalue weighted by Crippen LogP contribution is 2.43. The average molecular weight is 234 g/mol. The van der Waals surface area contributed by atoms with Crippen molar-refractivity contribution in [2.24, 2.45) is 0 Å². The quantitative estimate of drug-likeness (QED) is 0.749. The van der Waals surface area contributed by atoms with E-state index in [4.69, 9.17) is 4.74 Å². The molecular formula is C14H15FO2. The predicted molar refractivity (Wildman–Crippen MR) is 64.1 cm³/mol. The summed E-state index contributed by atoms with van der Waals surface area (Å²) in [7, 11) is 0. The normalized spacial score (nSPS) is 18.2. The number of rotatable bonds is 3. The number of hydrogen-bond acceptors (Lipinski definition) is 2. The molecule has 1 aromatic rings. The maximum atomic E-state index is 14.0. The number of carbonyl (C=O) groups excluding carboxylic acids is 1. The largest absolute Gasteiger partial charge is 0.466 e. The van der Waals surface area contributed by atoms with Gasteiger partial charge in [-0.1, -0.05) is 24.3 Å². The number of fused-ring (bicyclic) bond motifs is 1. The Hall–Kier alpha value is -1.64. The average Bonchev–Trinajstić information content (AvgIpc) is 2.56. The van der Waals surface area contributed by atoms with Crippen LogP contribution in [-0.2, 0) is 9.53 Å². The first-order chi connectivity index (χ1) is 8.15. The number of halogens is 1. The third-order valence-corrected chi connectivity index (χ3v) is 3.04. The van der Waals surface area contributed by atoms with Gasteiger partial charge >= 0.3 is 5.97 Å². The van der Waals surface area contributed by atoms with E-state index in [-0.39, 0.29) is 12.4 Å². The SMILES string of the molecule is CCOC(=O)CC1=C(C)C(F)c2ccccc21. The smallest absolute Gasteiger partial charge is 0.310 e. The first-order valence-corrected chi connectivity index (χ1v) is 5.73. The van der Waals surface area contributed by atoms with E-state index in [1.165, 1.54) is 0 Å². The maximum absolute atomic E-state index is 14.0. The van der Waals surface area contributed by atoms with E-state index in [0.29, 0.717) is 17.7 Å². The van der Waals surface area contributed by atoms with Crippen LogP contribution in [-0.4, -0.2) is 12.6 Å². The molecule has 17 heavy (non-hydrogen) atoms. The Morgan fingerprint density at radius 2 is 2.12 bits per heavy atom. The molecule has 0 aliphatic heterocycles. The highest BCUT2D eigenvalue weighted by Gasteiger charge is 2.29. The van der Waals surface area contributed by atoms with E-state index in [0.717, 1.165) is 11.1 Å². The fraction of sp³-hybridized carbons (Fsp3) is 0.357. The molecule has 0 spiro atoms. The van der Waals surface area contributed by atoms with Gasteiger partial charge in [-0.25, -0.2) is 4.39 Å². The molecule has 1 unspecified atom stereocenters. The summed E-state index contributed by atoms with van der Waals surface area (Å²) < 4.78 is 18.9. The van der Waals surface area contributed by atoms with Gasteiger partial charge in [0, 0.05) is 0 Å². The topological polar surface area (TPSA) is 26.3 Å². The van der Waals surface area contributed by atoms with Crippen molar-refractivity contribution in [2.75, 3.05) is 6.61 Å². The lowest BCUT2D eigenvalue weighted by Gasteiger charge is -2.05. The molecule has 1 aromatic carbocycles. The van der Waals surface area contributed by atoms with Crippen LogP contribution in [0.3, 0.4) is 0 Å². The summed E-state index contributed by atoms with van der Waals surface area (Å²) >= 11 is 0. The Balaban J connectivity index is 2.30. The second-order valence-electron chi connectivity index (χ2n) is 4.09. The first kappa shape index (κ1) is 11.8. The first-order valence-electron chi connectivity index (χ1n) is 5.73. The van der Waals surface area contributed by atoms with Crippen LogP contribution in [0.5, 0.6) is 0 Å². The van der Waals surface area contributed by atoms with E-state index in [1.54, 1.807) is 19.9 Å². The molecule has 0 amide bonds. The minimum atomic E-state index is -1.09. The lowest BCUT2D eigenvalue weighted by atomic mass is 10.0. The third-order valence-electron chi connectivity index (χ3n) is 3.04. The minimum Gasteiger partial charge on any atom is -0.466 e. The molecule has 0 bridgehead atoms. The molecule has 0 heterocycles. The fourth-order valence-electron chi connectivity index (χ4n) is 2.18. The lowest BCUT2D eigenvalue weighted by Crippen LogP contribution is -2.04. The zero-order valence-corrected chi connectivity index (χ0v) is 10.00. The Bertz CT molecular complexity index is 477. The Morgan fingerprint density at radius 3 is 2.82 bits per heavy atom. The number of carbonyl (C=O) groups is 1. The van der Waals surface area contributed by atoms with Gasteiger partial charge in [0.2, 0.25) is 0 Å². The van der Waals surface area contributed by atoms with Crippen LogP contribution in [0, 0.1) is 0 Å². The van der Waals surface area contributed by atoms with Crippen LogP contribution in [0.15, 0.2) is 29.8 Å². The zero-order chi connectivity index (χ0) is 12.4. The third kappa shape index (κ3) is 2.09. The number of alkyl halides is 1. The van der Waals surface area contributed by atoms with E-state index in [9.17, 15) is 9.18 Å². The second kappa shape index (κ2) is 4.70. The zero-order valence-electron chi connectivity index (χ0n) is 10.00. The van der Waals surface area contributed by atoms with Gasteiger partial charge in [0.15, 0.2) is 0 Å². The fourth-order valence-corrected chi connectivity index (χ4v) is 2.18. The van der Waals surface area contributed by atoms with Crippen LogP contribution in [0.2, 0.25) is 0 Å². The van der Waals surface area contributed by atoms with Crippen molar-refractivity contribution in [1.29, 1.82) is 0 Å². The highest BCUT2D eigenvalue weighted by molar-refractivity contribution is 5.89. The Morgan fingerprint density at radius 1 is 1.41 bits per heavy atom. The van der Waals surface area contributed by atoms with Crippen molar-refractivity contribution < 1.29 is 13.9 Å². The number of ether oxygens (including phenoxy) is 1. The summed E-state index contributed by atoms with van der Waals surface area (Å²) in [6.45, 7) is 3.85. The van der Waals surface area contributed by atoms with Crippen LogP contribution < -0.4 is 0 Å². The maximum Gasteiger partial charge on any atom is 0.310 e. The number of benzene rings is 1. The van der Waals surface area contributed by atoms with Gasteiger partial charge in [0.25, 0.3) is 0 Å². The molecule has 0 fully saturated rings. The minimum absolute atomic E-state index is 0.150. The van der Waals surface area contributed by atoms with E-state index >= 15 is 0 Å². The molecule has 0 saturated heterocycles. The van der Waals surface area contributed by atoms with Crippen molar-refractivity contribution >= 4 is 11.5 Å². The molecule has 1 atom stereocenters. The van der Waals surface area contributed by atoms with E-state index in [1.807, 2.05) is 18.2 Å². The molecule has 3 heteroatoms. The van der Waals surface area contributed by atoms with Crippen LogP contribution >= 0.6 is 0 Å². The molecule has 0 saturated carbocycles. The summed E-state index contributed by atoms with van der Waals surface area (Å²) in [5, 5.41) is 0. The molecule has 2 rings (SSSR count). The van der Waals surface area contributed by atoms with Crippen molar-refractivity contribution in [1.82, 2.24) is 0 Å². The van der Waals surface area contributed by atoms with Crippen molar-refractivity contribution in [3.8, 4) is 0 Å². The molecule has 0 radical (unpaired) electrons. The van der Waals surface area contributed by atoms with Gasteiger partial charge in [-0.05, 0) is 36.1 Å². The molecule has 1 aliphatic carbocycles. The van der Waals surface area contributed by atoms with Gasteiger partial charge in [0.1, 0.15) is 6.17 Å². The molecule has 0 aromatic heterocycles. The molecular weight excluding hydrogens is 219 g/mol. The molecule has 0 N–H and O–H groups in total. The van der Waals surface area contributed by atoms with Gasteiger partial charge in [-0.15, -0.1) is 0 Å². The summed E-state index contributed by atoms with van der Waals surface area (Å²) in [6.07, 6.45) is -0.937. The monoisotopic (exact) mass is 234 g/mol. The number of allylic oxidation sites excluding steroid dienone is 1. The molecule has 2 nitrogen and oxygen atoms in total.